The second-order valence-corrected chi connectivity index (χ2v) is 29.3. The van der Waals surface area contributed by atoms with E-state index in [1.54, 1.807) is 28.4 Å². The van der Waals surface area contributed by atoms with Crippen LogP contribution < -0.4 is 18.9 Å². The molecule has 0 aliphatic carbocycles. The lowest BCUT2D eigenvalue weighted by atomic mass is 10.0. The third-order valence-electron chi connectivity index (χ3n) is 20.1. The van der Waals surface area contributed by atoms with Crippen molar-refractivity contribution in [3.63, 3.8) is 0 Å². The molecular weight excluding hydrogens is 1320 g/mol. The summed E-state index contributed by atoms with van der Waals surface area (Å²) in [7, 11) is 6.91. The SMILES string of the molecule is COC(C)(C)CCOc1ccc(-c2c3nc(c(C#Cc4c5nc(c(-c6ccc(OCCC(C)(C)OC)cc6)c6ccc(cc7nc(c(-c8ccc(OCCC(C)(C)OC)cc8)c8ccc4[nH]8)C=C7)[nH]6)C=C5)c4ccc([nH]4)c(-c4ccc(OCCC(C)(C)OC)cc4)c4nc(cc5ccc2[nH]5)C=C4)C=C3)cc1. The molecule has 6 aromatic heterocycles. The van der Waals surface area contributed by atoms with Gasteiger partial charge in [0, 0.05) is 109 Å². The predicted molar refractivity (Wildman–Crippen MR) is 430 cm³/mol. The number of hydrogen-bond acceptors (Lipinski definition) is 12. The quantitative estimate of drug-likeness (QED) is 0.0420. The molecule has 106 heavy (non-hydrogen) atoms. The molecule has 0 spiro atoms. The summed E-state index contributed by atoms with van der Waals surface area (Å²) in [5.74, 6) is 10.6. The highest BCUT2D eigenvalue weighted by Gasteiger charge is 2.23. The highest BCUT2D eigenvalue weighted by molar-refractivity contribution is 5.97. The van der Waals surface area contributed by atoms with Gasteiger partial charge < -0.3 is 57.8 Å². The molecule has 4 aliphatic rings. The third-order valence-corrected chi connectivity index (χ3v) is 20.1. The van der Waals surface area contributed by atoms with Crippen molar-refractivity contribution in [2.45, 2.75) is 103 Å². The Hall–Kier alpha value is -11.3. The molecule has 16 nitrogen and oxygen atoms in total. The van der Waals surface area contributed by atoms with Crippen molar-refractivity contribution >= 4 is 92.7 Å². The second-order valence-electron chi connectivity index (χ2n) is 29.3. The van der Waals surface area contributed by atoms with Gasteiger partial charge in [0.2, 0.25) is 0 Å². The van der Waals surface area contributed by atoms with Gasteiger partial charge in [-0.05, 0) is 235 Å². The molecule has 0 saturated carbocycles. The maximum absolute atomic E-state index is 6.29. The van der Waals surface area contributed by atoms with Crippen LogP contribution in [-0.2, 0) is 18.9 Å². The van der Waals surface area contributed by atoms with Crippen LogP contribution in [0.4, 0.5) is 0 Å². The maximum atomic E-state index is 6.29. The Morgan fingerprint density at radius 3 is 0.840 bits per heavy atom. The van der Waals surface area contributed by atoms with E-state index in [9.17, 15) is 0 Å². The summed E-state index contributed by atoms with van der Waals surface area (Å²) in [5, 5.41) is 0. The summed E-state index contributed by atoms with van der Waals surface area (Å²) < 4.78 is 47.9. The lowest BCUT2D eigenvalue weighted by molar-refractivity contribution is 0.00511. The van der Waals surface area contributed by atoms with Gasteiger partial charge in [-0.2, -0.15) is 0 Å². The van der Waals surface area contributed by atoms with E-state index in [4.69, 9.17) is 57.8 Å². The zero-order chi connectivity index (χ0) is 73.7. The van der Waals surface area contributed by atoms with E-state index in [2.05, 4.69) is 245 Å². The van der Waals surface area contributed by atoms with Crippen LogP contribution in [0.1, 0.15) is 138 Å². The molecule has 4 N–H and O–H groups in total. The standard InChI is InChI=1S/C90H90N8O8/c1-87(2,99-9)47-51-103-65-25-13-57(14-26-65)83-75-35-21-61(91-75)55-62-22-36-76(92-62)84(58-15-27-66(28-16-58)104-52-48-88(3,4)100-10)80-44-40-72(96-80)69(71-39-43-79(83)95-71)33-34-70-73-41-45-81(97-73)85(59-17-29-67(30-18-59)105-53-49-89(5,6)101-11)77-37-23-63(93-77)56-64-24-38-78(94-64)86(82-46-42-74(70)98-82)60-19-31-68(32-20-60)106-54-50-90(7,8)102-12/h13-32,35-46,55-56,91,93,96,98H,47-54H2,1-12H3. The molecule has 16 bridgehead atoms. The fourth-order valence-electron chi connectivity index (χ4n) is 12.8. The van der Waals surface area contributed by atoms with Crippen LogP contribution in [0.2, 0.25) is 0 Å². The maximum Gasteiger partial charge on any atom is 0.119 e. The van der Waals surface area contributed by atoms with Crippen molar-refractivity contribution in [2.75, 3.05) is 54.9 Å². The number of benzene rings is 4. The number of rotatable bonds is 24. The van der Waals surface area contributed by atoms with Crippen LogP contribution in [-0.4, -0.2) is 117 Å². The van der Waals surface area contributed by atoms with Gasteiger partial charge in [0.1, 0.15) is 23.0 Å². The van der Waals surface area contributed by atoms with Crippen LogP contribution in [0.25, 0.3) is 137 Å². The molecule has 0 fully saturated rings. The van der Waals surface area contributed by atoms with Gasteiger partial charge in [-0.25, -0.2) is 19.9 Å². The van der Waals surface area contributed by atoms with E-state index in [0.29, 0.717) is 48.9 Å². The van der Waals surface area contributed by atoms with Crippen molar-refractivity contribution < 1.29 is 37.9 Å². The highest BCUT2D eigenvalue weighted by atomic mass is 16.5. The zero-order valence-electron chi connectivity index (χ0n) is 62.3. The number of aromatic nitrogens is 8. The second kappa shape index (κ2) is 30.4. The Bertz CT molecular complexity index is 5020. The van der Waals surface area contributed by atoms with E-state index in [-0.39, 0.29) is 22.4 Å². The van der Waals surface area contributed by atoms with Crippen molar-refractivity contribution in [3.05, 3.63) is 214 Å². The first-order chi connectivity index (χ1) is 51.2. The Kier molecular flexibility index (Phi) is 20.6. The molecule has 0 amide bonds. The van der Waals surface area contributed by atoms with E-state index in [1.807, 2.05) is 48.5 Å². The molecule has 0 saturated heterocycles. The van der Waals surface area contributed by atoms with Crippen molar-refractivity contribution in [2.24, 2.45) is 0 Å². The van der Waals surface area contributed by atoms with Crippen LogP contribution >= 0.6 is 0 Å². The van der Waals surface area contributed by atoms with Gasteiger partial charge in [-0.15, -0.1) is 0 Å². The lowest BCUT2D eigenvalue weighted by Crippen LogP contribution is -2.25. The normalized spacial score (nSPS) is 12.8. The summed E-state index contributed by atoms with van der Waals surface area (Å²) in [4.78, 5) is 37.1. The Morgan fingerprint density at radius 1 is 0.283 bits per heavy atom. The molecular formula is C90H90N8O8. The number of ether oxygens (including phenoxy) is 8. The topological polar surface area (TPSA) is 189 Å². The first-order valence-electron chi connectivity index (χ1n) is 36.1. The third kappa shape index (κ3) is 16.4. The van der Waals surface area contributed by atoms with Crippen LogP contribution in [0, 0.1) is 11.8 Å². The van der Waals surface area contributed by atoms with E-state index >= 15 is 0 Å². The molecule has 0 unspecified atom stereocenters. The number of aromatic amines is 4. The molecule has 14 rings (SSSR count). The largest absolute Gasteiger partial charge is 0.493 e. The van der Waals surface area contributed by atoms with Gasteiger partial charge in [0.05, 0.1) is 117 Å². The molecule has 4 aromatic carbocycles. The number of methoxy groups -OCH3 is 4. The molecule has 10 heterocycles. The minimum atomic E-state index is -0.318. The zero-order valence-corrected chi connectivity index (χ0v) is 62.3. The van der Waals surface area contributed by atoms with Crippen LogP contribution in [0.15, 0.2) is 158 Å². The van der Waals surface area contributed by atoms with Crippen LogP contribution in [0.3, 0.4) is 0 Å². The summed E-state index contributed by atoms with van der Waals surface area (Å²) in [5.41, 5.74) is 19.9. The molecule has 10 aromatic rings. The minimum absolute atomic E-state index is 0.318. The number of H-pyrrole nitrogens is 4. The monoisotopic (exact) mass is 1410 g/mol. The van der Waals surface area contributed by atoms with Crippen molar-refractivity contribution in [1.29, 1.82) is 0 Å². The molecule has 538 valence electrons. The summed E-state index contributed by atoms with van der Waals surface area (Å²) in [6, 6.07) is 53.7. The Morgan fingerprint density at radius 2 is 0.538 bits per heavy atom. The predicted octanol–water partition coefficient (Wildman–Crippen LogP) is 20.5. The van der Waals surface area contributed by atoms with Crippen molar-refractivity contribution in [1.82, 2.24) is 39.9 Å². The number of fused-ring (bicyclic) bond motifs is 16. The number of nitrogens with zero attached hydrogens (tertiary/aromatic N) is 4. The smallest absolute Gasteiger partial charge is 0.119 e. The van der Waals surface area contributed by atoms with Gasteiger partial charge in [0.15, 0.2) is 0 Å². The van der Waals surface area contributed by atoms with Gasteiger partial charge in [0.25, 0.3) is 0 Å². The first kappa shape index (κ1) is 71.7. The molecule has 0 atom stereocenters. The van der Waals surface area contributed by atoms with Gasteiger partial charge in [-0.3, -0.25) is 0 Å². The minimum Gasteiger partial charge on any atom is -0.493 e. The Labute approximate surface area is 619 Å². The van der Waals surface area contributed by atoms with Gasteiger partial charge >= 0.3 is 0 Å². The average molecular weight is 1410 g/mol. The van der Waals surface area contributed by atoms with E-state index in [0.717, 1.165) is 171 Å². The van der Waals surface area contributed by atoms with Crippen LogP contribution in [0.5, 0.6) is 23.0 Å². The fourth-order valence-corrected chi connectivity index (χ4v) is 12.8. The van der Waals surface area contributed by atoms with E-state index in [1.165, 1.54) is 0 Å². The first-order valence-corrected chi connectivity index (χ1v) is 36.1. The number of hydrogen-bond donors (Lipinski definition) is 4. The molecule has 16 heteroatoms. The lowest BCUT2D eigenvalue weighted by Gasteiger charge is -2.22. The fraction of sp³-hybridized carbons (Fsp3) is 0.267. The summed E-state index contributed by atoms with van der Waals surface area (Å²) in [6.45, 7) is 18.5. The molecule has 4 aliphatic heterocycles. The Balaban J connectivity index is 0.991. The van der Waals surface area contributed by atoms with E-state index < -0.39 is 0 Å². The van der Waals surface area contributed by atoms with Crippen molar-refractivity contribution in [3.8, 4) is 79.3 Å². The summed E-state index contributed by atoms with van der Waals surface area (Å²) in [6.07, 6.45) is 19.4. The highest BCUT2D eigenvalue weighted by Crippen LogP contribution is 2.39. The molecule has 0 radical (unpaired) electrons. The number of nitrogens with one attached hydrogen (secondary N) is 4. The average Bonchev–Trinajstić information content (AvgIpc) is 1.61. The van der Waals surface area contributed by atoms with Gasteiger partial charge in [-0.1, -0.05) is 60.4 Å². The summed E-state index contributed by atoms with van der Waals surface area (Å²) >= 11 is 0.